The van der Waals surface area contributed by atoms with E-state index >= 15 is 0 Å². The molecule has 1 aromatic heterocycles. The molecule has 1 N–H and O–H groups in total. The second-order valence-electron chi connectivity index (χ2n) is 8.31. The topological polar surface area (TPSA) is 106 Å². The van der Waals surface area contributed by atoms with Crippen molar-refractivity contribution in [3.8, 4) is 22.8 Å². The number of benzene rings is 3. The zero-order valence-electron chi connectivity index (χ0n) is 19.6. The predicted octanol–water partition coefficient (Wildman–Crippen LogP) is 6.28. The minimum atomic E-state index is -4.67. The summed E-state index contributed by atoms with van der Waals surface area (Å²) in [4.78, 5) is 18.4. The summed E-state index contributed by atoms with van der Waals surface area (Å²) >= 11 is 0. The highest BCUT2D eigenvalue weighted by Crippen LogP contribution is 2.38. The highest BCUT2D eigenvalue weighted by atomic mass is 32.2. The molecule has 4 aromatic rings. The fraction of sp³-hybridized carbons (Fsp3) is 0.192. The smallest absolute Gasteiger partial charge is 0.418 e. The number of rotatable bonds is 9. The molecule has 0 bridgehead atoms. The van der Waals surface area contributed by atoms with Crippen LogP contribution in [0.4, 0.5) is 17.6 Å². The van der Waals surface area contributed by atoms with Gasteiger partial charge in [0.1, 0.15) is 23.6 Å². The van der Waals surface area contributed by atoms with Gasteiger partial charge in [-0.1, -0.05) is 18.2 Å². The number of carbonyl (C=O) groups is 1. The van der Waals surface area contributed by atoms with Crippen molar-refractivity contribution in [2.24, 2.45) is 0 Å². The summed E-state index contributed by atoms with van der Waals surface area (Å²) in [5.74, 6) is -1.79. The molecule has 7 nitrogen and oxygen atoms in total. The van der Waals surface area contributed by atoms with E-state index < -0.39 is 33.4 Å². The monoisotopic (exact) mass is 548 g/mol. The quantitative estimate of drug-likeness (QED) is 0.194. The molecule has 1 heterocycles. The minimum absolute atomic E-state index is 0.00522. The van der Waals surface area contributed by atoms with Crippen LogP contribution in [-0.2, 0) is 20.8 Å². The van der Waals surface area contributed by atoms with Crippen LogP contribution >= 0.6 is 0 Å². The Morgan fingerprint density at radius 3 is 2.42 bits per heavy atom. The number of aliphatic carboxylic acids is 1. The van der Waals surface area contributed by atoms with Crippen LogP contribution in [0, 0.1) is 5.82 Å². The summed E-state index contributed by atoms with van der Waals surface area (Å²) in [5, 5.41) is 8.70. The average molecular weight is 549 g/mol. The Labute approximate surface area is 214 Å². The Morgan fingerprint density at radius 2 is 1.68 bits per heavy atom. The molecule has 0 radical (unpaired) electrons. The molecule has 0 aliphatic rings. The number of ether oxygens (including phenoxy) is 1. The molecular formula is C26H20F4N2O5S. The van der Waals surface area contributed by atoms with Gasteiger partial charge in [0, 0.05) is 17.4 Å². The van der Waals surface area contributed by atoms with Gasteiger partial charge in [-0.15, -0.1) is 0 Å². The minimum Gasteiger partial charge on any atom is -0.481 e. The van der Waals surface area contributed by atoms with Gasteiger partial charge in [-0.3, -0.25) is 4.79 Å². The maximum Gasteiger partial charge on any atom is 0.418 e. The second-order valence-corrected chi connectivity index (χ2v) is 10.4. The van der Waals surface area contributed by atoms with Crippen LogP contribution in [0.1, 0.15) is 24.8 Å². The van der Waals surface area contributed by atoms with Crippen molar-refractivity contribution < 1.29 is 40.6 Å². The lowest BCUT2D eigenvalue weighted by Gasteiger charge is -2.13. The van der Waals surface area contributed by atoms with Crippen LogP contribution < -0.4 is 4.74 Å². The van der Waals surface area contributed by atoms with Gasteiger partial charge in [-0.05, 0) is 55.3 Å². The van der Waals surface area contributed by atoms with Gasteiger partial charge in [0.15, 0.2) is 9.84 Å². The van der Waals surface area contributed by atoms with E-state index in [0.29, 0.717) is 0 Å². The largest absolute Gasteiger partial charge is 0.481 e. The molecule has 4 rings (SSSR count). The Kier molecular flexibility index (Phi) is 7.63. The molecule has 0 amide bonds. The summed E-state index contributed by atoms with van der Waals surface area (Å²) in [7, 11) is -3.71. The maximum absolute atomic E-state index is 14.8. The molecule has 0 atom stereocenters. The third-order valence-electron chi connectivity index (χ3n) is 5.62. The normalized spacial score (nSPS) is 12.0. The third kappa shape index (κ3) is 6.08. The van der Waals surface area contributed by atoms with Crippen LogP contribution in [-0.4, -0.2) is 35.2 Å². The van der Waals surface area contributed by atoms with Crippen molar-refractivity contribution in [1.29, 1.82) is 0 Å². The molecule has 0 spiro atoms. The first kappa shape index (κ1) is 27.0. The third-order valence-corrected chi connectivity index (χ3v) is 7.42. The summed E-state index contributed by atoms with van der Waals surface area (Å²) in [6.07, 6.45) is -3.50. The first-order valence-corrected chi connectivity index (χ1v) is 12.9. The fourth-order valence-corrected chi connectivity index (χ4v) is 5.24. The SMILES string of the molecule is O=C(O)CCCCS(=O)(=O)c1cccc(Oc2ccc(F)c(-c3ncnc4c(C(F)(F)F)cccc34)c2)c1. The average Bonchev–Trinajstić information content (AvgIpc) is 2.86. The van der Waals surface area contributed by atoms with E-state index in [9.17, 15) is 30.8 Å². The molecule has 0 fully saturated rings. The van der Waals surface area contributed by atoms with E-state index in [-0.39, 0.29) is 63.6 Å². The van der Waals surface area contributed by atoms with E-state index in [2.05, 4.69) is 9.97 Å². The van der Waals surface area contributed by atoms with E-state index in [1.807, 2.05) is 0 Å². The summed E-state index contributed by atoms with van der Waals surface area (Å²) in [5.41, 5.74) is -1.55. The molecule has 38 heavy (non-hydrogen) atoms. The lowest BCUT2D eigenvalue weighted by atomic mass is 10.0. The van der Waals surface area contributed by atoms with E-state index in [1.165, 1.54) is 48.5 Å². The van der Waals surface area contributed by atoms with Crippen molar-refractivity contribution in [1.82, 2.24) is 9.97 Å². The van der Waals surface area contributed by atoms with Gasteiger partial charge in [0.25, 0.3) is 0 Å². The standard InChI is InChI=1S/C26H20F4N2O5S/c27-22-11-10-17(37-16-5-3-6-18(13-16)38(35,36)12-2-1-9-23(33)34)14-20(22)24-19-7-4-8-21(26(28,29)30)25(19)32-15-31-24/h3-8,10-11,13-15H,1-2,9,12H2,(H,33,34). The Balaban J connectivity index is 1.63. The summed E-state index contributed by atoms with van der Waals surface area (Å²) in [6, 6.07) is 12.6. The van der Waals surface area contributed by atoms with Crippen LogP contribution in [0.5, 0.6) is 11.5 Å². The number of hydrogen-bond acceptors (Lipinski definition) is 6. The van der Waals surface area contributed by atoms with Gasteiger partial charge in [0.05, 0.1) is 27.4 Å². The molecular weight excluding hydrogens is 528 g/mol. The van der Waals surface area contributed by atoms with Crippen molar-refractivity contribution in [3.63, 3.8) is 0 Å². The van der Waals surface area contributed by atoms with Gasteiger partial charge in [0.2, 0.25) is 0 Å². The van der Waals surface area contributed by atoms with E-state index in [0.717, 1.165) is 18.5 Å². The van der Waals surface area contributed by atoms with Gasteiger partial charge in [-0.2, -0.15) is 13.2 Å². The zero-order valence-corrected chi connectivity index (χ0v) is 20.4. The number of sulfone groups is 1. The number of para-hydroxylation sites is 1. The van der Waals surface area contributed by atoms with Crippen LogP contribution in [0.3, 0.4) is 0 Å². The van der Waals surface area contributed by atoms with Crippen molar-refractivity contribution >= 4 is 26.7 Å². The van der Waals surface area contributed by atoms with Crippen molar-refractivity contribution in [3.05, 3.63) is 78.4 Å². The summed E-state index contributed by atoms with van der Waals surface area (Å²) in [6.45, 7) is 0. The number of fused-ring (bicyclic) bond motifs is 1. The number of unbranched alkanes of at least 4 members (excludes halogenated alkanes) is 1. The van der Waals surface area contributed by atoms with Crippen molar-refractivity contribution in [2.45, 2.75) is 30.3 Å². The first-order chi connectivity index (χ1) is 18.0. The lowest BCUT2D eigenvalue weighted by molar-refractivity contribution is -0.137. The second kappa shape index (κ2) is 10.7. The number of hydrogen-bond donors (Lipinski definition) is 1. The predicted molar refractivity (Wildman–Crippen MR) is 130 cm³/mol. The van der Waals surface area contributed by atoms with Crippen molar-refractivity contribution in [2.75, 3.05) is 5.75 Å². The molecule has 0 saturated carbocycles. The first-order valence-electron chi connectivity index (χ1n) is 11.3. The number of carboxylic acids is 1. The number of alkyl halides is 3. The number of nitrogens with zero attached hydrogens (tertiary/aromatic N) is 2. The highest BCUT2D eigenvalue weighted by Gasteiger charge is 2.33. The van der Waals surface area contributed by atoms with E-state index in [4.69, 9.17) is 9.84 Å². The lowest BCUT2D eigenvalue weighted by Crippen LogP contribution is -2.07. The molecule has 198 valence electrons. The van der Waals surface area contributed by atoms with Gasteiger partial charge in [-0.25, -0.2) is 22.8 Å². The zero-order chi connectivity index (χ0) is 27.5. The Morgan fingerprint density at radius 1 is 0.947 bits per heavy atom. The number of halogens is 4. The molecule has 12 heteroatoms. The number of aromatic nitrogens is 2. The van der Waals surface area contributed by atoms with Gasteiger partial charge >= 0.3 is 12.1 Å². The number of carboxylic acid groups (broad SMARTS) is 1. The van der Waals surface area contributed by atoms with Crippen LogP contribution in [0.2, 0.25) is 0 Å². The molecule has 0 unspecified atom stereocenters. The van der Waals surface area contributed by atoms with Gasteiger partial charge < -0.3 is 9.84 Å². The maximum atomic E-state index is 14.8. The van der Waals surface area contributed by atoms with E-state index in [1.54, 1.807) is 0 Å². The molecule has 0 saturated heterocycles. The molecule has 0 aliphatic carbocycles. The molecule has 3 aromatic carbocycles. The fourth-order valence-electron chi connectivity index (χ4n) is 3.83. The van der Waals surface area contributed by atoms with Crippen LogP contribution in [0.15, 0.2) is 71.9 Å². The summed E-state index contributed by atoms with van der Waals surface area (Å²) < 4.78 is 86.2. The van der Waals surface area contributed by atoms with Crippen LogP contribution in [0.25, 0.3) is 22.2 Å². The molecule has 0 aliphatic heterocycles. The Hall–Kier alpha value is -4.06. The Bertz CT molecular complexity index is 1610. The highest BCUT2D eigenvalue weighted by molar-refractivity contribution is 7.91.